The van der Waals surface area contributed by atoms with Crippen molar-refractivity contribution in [1.29, 1.82) is 10.5 Å². The van der Waals surface area contributed by atoms with E-state index in [0.717, 1.165) is 19.3 Å². The summed E-state index contributed by atoms with van der Waals surface area (Å²) in [6, 6.07) is 0. The van der Waals surface area contributed by atoms with Gasteiger partial charge >= 0.3 is 0 Å². The van der Waals surface area contributed by atoms with E-state index >= 15 is 0 Å². The van der Waals surface area contributed by atoms with E-state index < -0.39 is 10.8 Å². The first kappa shape index (κ1) is 21.9. The smallest absolute Gasteiger partial charge is 0.238 e. The molecule has 0 aromatic rings. The first-order valence-corrected chi connectivity index (χ1v) is 8.14. The van der Waals surface area contributed by atoms with Gasteiger partial charge in [-0.1, -0.05) is 40.5 Å². The molecule has 24 heavy (non-hydrogen) atoms. The zero-order valence-corrected chi connectivity index (χ0v) is 15.1. The number of carbonyl (C=O) groups is 2. The van der Waals surface area contributed by atoms with Gasteiger partial charge in [0, 0.05) is 24.0 Å². The van der Waals surface area contributed by atoms with Gasteiger partial charge in [-0.05, 0) is 19.3 Å². The summed E-state index contributed by atoms with van der Waals surface area (Å²) in [6.45, 7) is 8.26. The third-order valence-electron chi connectivity index (χ3n) is 4.03. The zero-order chi connectivity index (χ0) is 18.6. The van der Waals surface area contributed by atoms with Crippen molar-refractivity contribution in [3.8, 4) is 12.4 Å². The van der Waals surface area contributed by atoms with Crippen LogP contribution in [0.4, 0.5) is 0 Å². The Bertz CT molecular complexity index is 455. The van der Waals surface area contributed by atoms with Crippen LogP contribution in [0.1, 0.15) is 59.8 Å². The third kappa shape index (κ3) is 8.50. The number of unbranched alkanes of at least 4 members (excludes halogenated alkanes) is 2. The highest BCUT2D eigenvalue weighted by Crippen LogP contribution is 2.24. The van der Waals surface area contributed by atoms with E-state index in [0.29, 0.717) is 26.1 Å². The predicted molar refractivity (Wildman–Crippen MR) is 89.0 cm³/mol. The number of nitriles is 2. The highest BCUT2D eigenvalue weighted by molar-refractivity contribution is 5.83. The molecule has 0 saturated carbocycles. The SMILES string of the molecule is CC(C)(CCCCCOCCC(C)(C)C(=O)NC#N)C(=O)NC#N. The lowest BCUT2D eigenvalue weighted by Crippen LogP contribution is -2.35. The van der Waals surface area contributed by atoms with Crippen molar-refractivity contribution in [3.63, 3.8) is 0 Å². The first-order chi connectivity index (χ1) is 11.2. The Morgan fingerprint density at radius 2 is 1.33 bits per heavy atom. The minimum atomic E-state index is -0.631. The second-order valence-corrected chi connectivity index (χ2v) is 7.07. The van der Waals surface area contributed by atoms with Crippen molar-refractivity contribution in [2.45, 2.75) is 59.8 Å². The summed E-state index contributed by atoms with van der Waals surface area (Å²) in [7, 11) is 0. The van der Waals surface area contributed by atoms with Crippen LogP contribution in [0.3, 0.4) is 0 Å². The minimum absolute atomic E-state index is 0.251. The molecule has 0 atom stereocenters. The van der Waals surface area contributed by atoms with E-state index in [1.807, 2.05) is 13.8 Å². The summed E-state index contributed by atoms with van der Waals surface area (Å²) in [5, 5.41) is 21.3. The molecule has 0 rings (SSSR count). The van der Waals surface area contributed by atoms with Crippen molar-refractivity contribution in [2.75, 3.05) is 13.2 Å². The van der Waals surface area contributed by atoms with Gasteiger partial charge in [-0.2, -0.15) is 10.5 Å². The lowest BCUT2D eigenvalue weighted by Gasteiger charge is -2.22. The van der Waals surface area contributed by atoms with Gasteiger partial charge in [0.2, 0.25) is 11.8 Å². The van der Waals surface area contributed by atoms with E-state index in [9.17, 15) is 9.59 Å². The van der Waals surface area contributed by atoms with Crippen molar-refractivity contribution in [1.82, 2.24) is 10.6 Å². The molecule has 0 heterocycles. The van der Waals surface area contributed by atoms with E-state index in [4.69, 9.17) is 15.3 Å². The third-order valence-corrected chi connectivity index (χ3v) is 4.03. The molecule has 2 amide bonds. The molecule has 0 aliphatic heterocycles. The lowest BCUT2D eigenvalue weighted by molar-refractivity contribution is -0.129. The Balaban J connectivity index is 3.79. The van der Waals surface area contributed by atoms with E-state index in [2.05, 4.69) is 10.6 Å². The molecule has 0 spiro atoms. The van der Waals surface area contributed by atoms with Crippen LogP contribution in [0, 0.1) is 33.7 Å². The van der Waals surface area contributed by atoms with Gasteiger partial charge in [-0.3, -0.25) is 20.2 Å². The fourth-order valence-electron chi connectivity index (χ4n) is 2.04. The molecule has 7 nitrogen and oxygen atoms in total. The summed E-state index contributed by atoms with van der Waals surface area (Å²) >= 11 is 0. The molecule has 2 N–H and O–H groups in total. The molecule has 0 bridgehead atoms. The first-order valence-electron chi connectivity index (χ1n) is 8.14. The molecule has 7 heteroatoms. The Labute approximate surface area is 144 Å². The molecular formula is C17H28N4O3. The van der Waals surface area contributed by atoms with Gasteiger partial charge in [0.25, 0.3) is 0 Å². The van der Waals surface area contributed by atoms with Gasteiger partial charge < -0.3 is 4.74 Å². The maximum absolute atomic E-state index is 11.7. The van der Waals surface area contributed by atoms with Crippen molar-refractivity contribution in [2.24, 2.45) is 10.8 Å². The molecule has 0 aliphatic rings. The van der Waals surface area contributed by atoms with Gasteiger partial charge in [0.1, 0.15) is 0 Å². The highest BCUT2D eigenvalue weighted by atomic mass is 16.5. The fourth-order valence-corrected chi connectivity index (χ4v) is 2.04. The molecule has 0 aromatic heterocycles. The van der Waals surface area contributed by atoms with Crippen molar-refractivity contribution < 1.29 is 14.3 Å². The molecular weight excluding hydrogens is 308 g/mol. The van der Waals surface area contributed by atoms with Crippen LogP contribution in [-0.2, 0) is 14.3 Å². The topological polar surface area (TPSA) is 115 Å². The van der Waals surface area contributed by atoms with E-state index in [1.54, 1.807) is 26.2 Å². The molecule has 0 unspecified atom stereocenters. The number of ether oxygens (including phenoxy) is 1. The van der Waals surface area contributed by atoms with Crippen molar-refractivity contribution >= 4 is 11.8 Å². The number of hydrogen-bond donors (Lipinski definition) is 2. The van der Waals surface area contributed by atoms with Gasteiger partial charge in [-0.15, -0.1) is 0 Å². The summed E-state index contributed by atoms with van der Waals surface area (Å²) < 4.78 is 5.53. The van der Waals surface area contributed by atoms with Crippen LogP contribution in [-0.4, -0.2) is 25.0 Å². The van der Waals surface area contributed by atoms with Gasteiger partial charge in [0.05, 0.1) is 0 Å². The number of amides is 2. The normalized spacial score (nSPS) is 11.2. The second kappa shape index (κ2) is 10.6. The van der Waals surface area contributed by atoms with Crippen LogP contribution < -0.4 is 10.6 Å². The standard InChI is InChI=1S/C17H28N4O3/c1-16(2,14(22)20-12-18)8-6-5-7-10-24-11-9-17(3,4)15(23)21-13-19/h5-11H2,1-4H3,(H,20,22)(H,21,23). The summed E-state index contributed by atoms with van der Waals surface area (Å²) in [4.78, 5) is 23.3. The quantitative estimate of drug-likeness (QED) is 0.341. The Kier molecular flexibility index (Phi) is 9.68. The fraction of sp³-hybridized carbons (Fsp3) is 0.765. The van der Waals surface area contributed by atoms with Crippen LogP contribution in [0.15, 0.2) is 0 Å². The van der Waals surface area contributed by atoms with E-state index in [1.165, 1.54) is 0 Å². The number of rotatable bonds is 11. The molecule has 0 saturated heterocycles. The van der Waals surface area contributed by atoms with Crippen molar-refractivity contribution in [3.05, 3.63) is 0 Å². The average Bonchev–Trinajstić information content (AvgIpc) is 2.50. The summed E-state index contributed by atoms with van der Waals surface area (Å²) in [5.74, 6) is -0.550. The maximum Gasteiger partial charge on any atom is 0.238 e. The molecule has 134 valence electrons. The molecule has 0 aliphatic carbocycles. The number of nitrogens with one attached hydrogen (secondary N) is 2. The van der Waals surface area contributed by atoms with E-state index in [-0.39, 0.29) is 11.8 Å². The molecule has 0 radical (unpaired) electrons. The highest BCUT2D eigenvalue weighted by Gasteiger charge is 2.27. The van der Waals surface area contributed by atoms with Crippen LogP contribution in [0.2, 0.25) is 0 Å². The number of hydrogen-bond acceptors (Lipinski definition) is 5. The monoisotopic (exact) mass is 336 g/mol. The summed E-state index contributed by atoms with van der Waals surface area (Å²) in [5.41, 5.74) is -1.18. The Hall–Kier alpha value is -2.12. The molecule has 0 aromatic carbocycles. The average molecular weight is 336 g/mol. The Morgan fingerprint density at radius 3 is 1.83 bits per heavy atom. The van der Waals surface area contributed by atoms with Gasteiger partial charge in [0.15, 0.2) is 12.4 Å². The van der Waals surface area contributed by atoms with Crippen LogP contribution in [0.5, 0.6) is 0 Å². The van der Waals surface area contributed by atoms with Crippen LogP contribution in [0.25, 0.3) is 0 Å². The maximum atomic E-state index is 11.7. The largest absolute Gasteiger partial charge is 0.381 e. The molecule has 0 fully saturated rings. The lowest BCUT2D eigenvalue weighted by atomic mass is 9.86. The summed E-state index contributed by atoms with van der Waals surface area (Å²) in [6.07, 6.45) is 7.24. The van der Waals surface area contributed by atoms with Crippen LogP contribution >= 0.6 is 0 Å². The predicted octanol–water partition coefficient (Wildman–Crippen LogP) is 2.20. The minimum Gasteiger partial charge on any atom is -0.381 e. The Morgan fingerprint density at radius 1 is 0.833 bits per heavy atom. The number of nitrogens with zero attached hydrogens (tertiary/aromatic N) is 2. The second-order valence-electron chi connectivity index (χ2n) is 7.07. The number of carbonyl (C=O) groups excluding carboxylic acids is 2. The zero-order valence-electron chi connectivity index (χ0n) is 15.1. The van der Waals surface area contributed by atoms with Gasteiger partial charge in [-0.25, -0.2) is 0 Å².